The van der Waals surface area contributed by atoms with Gasteiger partial charge in [0.1, 0.15) is 5.76 Å². The highest BCUT2D eigenvalue weighted by Crippen LogP contribution is 2.32. The zero-order valence-electron chi connectivity index (χ0n) is 8.50. The third-order valence-corrected chi connectivity index (χ3v) is 3.10. The van der Waals surface area contributed by atoms with Crippen molar-refractivity contribution in [2.24, 2.45) is 0 Å². The van der Waals surface area contributed by atoms with E-state index in [-0.39, 0.29) is 17.9 Å². The Bertz CT molecular complexity index is 383. The predicted octanol–water partition coefficient (Wildman–Crippen LogP) is 2.28. The number of alkyl halides is 3. The molecule has 0 saturated carbocycles. The summed E-state index contributed by atoms with van der Waals surface area (Å²) in [5.74, 6) is -0.0786. The normalized spacial score (nSPS) is 18.5. The third-order valence-electron chi connectivity index (χ3n) is 2.11. The molecule has 0 radical (unpaired) electrons. The van der Waals surface area contributed by atoms with Gasteiger partial charge in [-0.15, -0.1) is 0 Å². The van der Waals surface area contributed by atoms with E-state index in [0.717, 1.165) is 6.42 Å². The van der Waals surface area contributed by atoms with Crippen LogP contribution in [-0.4, -0.2) is 21.0 Å². The van der Waals surface area contributed by atoms with E-state index in [9.17, 15) is 21.6 Å². The smallest absolute Gasteiger partial charge is 0.498 e. The van der Waals surface area contributed by atoms with Crippen molar-refractivity contribution >= 4 is 10.1 Å². The molecule has 16 heavy (non-hydrogen) atoms. The molecule has 0 aromatic carbocycles. The molecule has 4 nitrogen and oxygen atoms in total. The largest absolute Gasteiger partial charge is 0.534 e. The molecule has 0 heterocycles. The van der Waals surface area contributed by atoms with E-state index in [1.54, 1.807) is 0 Å². The Morgan fingerprint density at radius 2 is 1.62 bits per heavy atom. The van der Waals surface area contributed by atoms with Gasteiger partial charge in [-0.05, 0) is 12.8 Å². The number of allylic oxidation sites excluding steroid dienone is 2. The maximum atomic E-state index is 12.0. The van der Waals surface area contributed by atoms with E-state index >= 15 is 0 Å². The SMILES string of the molecule is COC1=C(OS(=O)(=O)C(F)(F)F)CCCC1. The summed E-state index contributed by atoms with van der Waals surface area (Å²) in [6.07, 6.45) is 1.84. The van der Waals surface area contributed by atoms with Gasteiger partial charge in [0.05, 0.1) is 7.11 Å². The minimum absolute atomic E-state index is 0.137. The number of hydrogen-bond donors (Lipinski definition) is 0. The van der Waals surface area contributed by atoms with Gasteiger partial charge in [-0.25, -0.2) is 0 Å². The van der Waals surface area contributed by atoms with Crippen molar-refractivity contribution < 1.29 is 30.5 Å². The molecule has 0 fully saturated rings. The average molecular weight is 260 g/mol. The van der Waals surface area contributed by atoms with Gasteiger partial charge in [-0.1, -0.05) is 0 Å². The molecule has 1 rings (SSSR count). The first-order valence-electron chi connectivity index (χ1n) is 4.54. The van der Waals surface area contributed by atoms with Crippen LogP contribution in [0.4, 0.5) is 13.2 Å². The lowest BCUT2D eigenvalue weighted by atomic mass is 10.0. The van der Waals surface area contributed by atoms with Gasteiger partial charge >= 0.3 is 15.6 Å². The average Bonchev–Trinajstić information content (AvgIpc) is 2.16. The van der Waals surface area contributed by atoms with Gasteiger partial charge < -0.3 is 8.92 Å². The van der Waals surface area contributed by atoms with Crippen molar-refractivity contribution in [1.29, 1.82) is 0 Å². The maximum absolute atomic E-state index is 12.0. The minimum atomic E-state index is -5.58. The molecule has 0 saturated heterocycles. The number of rotatable bonds is 3. The fourth-order valence-electron chi connectivity index (χ4n) is 1.33. The molecule has 0 spiro atoms. The quantitative estimate of drug-likeness (QED) is 0.577. The van der Waals surface area contributed by atoms with Crippen LogP contribution in [0.5, 0.6) is 0 Å². The fourth-order valence-corrected chi connectivity index (χ4v) is 1.87. The Morgan fingerprint density at radius 3 is 2.06 bits per heavy atom. The van der Waals surface area contributed by atoms with Crippen LogP contribution >= 0.6 is 0 Å². The van der Waals surface area contributed by atoms with Gasteiger partial charge in [0, 0.05) is 12.8 Å². The third kappa shape index (κ3) is 2.81. The molecule has 94 valence electrons. The van der Waals surface area contributed by atoms with Crippen LogP contribution in [-0.2, 0) is 19.0 Å². The highest BCUT2D eigenvalue weighted by Gasteiger charge is 2.49. The van der Waals surface area contributed by atoms with Crippen molar-refractivity contribution in [2.45, 2.75) is 31.2 Å². The molecule has 0 amide bonds. The highest BCUT2D eigenvalue weighted by atomic mass is 32.2. The molecule has 0 aromatic rings. The number of ether oxygens (including phenoxy) is 1. The number of hydrogen-bond acceptors (Lipinski definition) is 4. The van der Waals surface area contributed by atoms with Gasteiger partial charge in [0.25, 0.3) is 0 Å². The molecule has 0 unspecified atom stereocenters. The molecular formula is C8H11F3O4S. The number of methoxy groups -OCH3 is 1. The molecule has 8 heteroatoms. The first-order valence-corrected chi connectivity index (χ1v) is 5.95. The van der Waals surface area contributed by atoms with E-state index in [4.69, 9.17) is 4.74 Å². The monoisotopic (exact) mass is 260 g/mol. The standard InChI is InChI=1S/C8H11F3O4S/c1-14-6-4-2-3-5-7(6)15-16(12,13)8(9,10)11/h2-5H2,1H3. The van der Waals surface area contributed by atoms with Crippen LogP contribution < -0.4 is 0 Å². The highest BCUT2D eigenvalue weighted by molar-refractivity contribution is 7.87. The van der Waals surface area contributed by atoms with Crippen molar-refractivity contribution in [3.8, 4) is 0 Å². The Kier molecular flexibility index (Phi) is 3.72. The first kappa shape index (κ1) is 13.1. The zero-order valence-corrected chi connectivity index (χ0v) is 9.32. The summed E-state index contributed by atoms with van der Waals surface area (Å²) < 4.78 is 66.5. The van der Waals surface area contributed by atoms with Crippen molar-refractivity contribution in [3.63, 3.8) is 0 Å². The predicted molar refractivity (Wildman–Crippen MR) is 48.6 cm³/mol. The van der Waals surface area contributed by atoms with E-state index in [0.29, 0.717) is 12.8 Å². The molecule has 0 atom stereocenters. The summed E-state index contributed by atoms with van der Waals surface area (Å²) in [4.78, 5) is 0. The van der Waals surface area contributed by atoms with Gasteiger partial charge in [0.15, 0.2) is 5.76 Å². The maximum Gasteiger partial charge on any atom is 0.534 e. The summed E-state index contributed by atoms with van der Waals surface area (Å²) >= 11 is 0. The molecular weight excluding hydrogens is 249 g/mol. The van der Waals surface area contributed by atoms with Gasteiger partial charge in [-0.2, -0.15) is 21.6 Å². The molecule has 0 N–H and O–H groups in total. The van der Waals surface area contributed by atoms with Gasteiger partial charge in [-0.3, -0.25) is 0 Å². The summed E-state index contributed by atoms with van der Waals surface area (Å²) in [6, 6.07) is 0. The second kappa shape index (κ2) is 4.52. The first-order chi connectivity index (χ1) is 7.28. The second-order valence-electron chi connectivity index (χ2n) is 3.24. The van der Waals surface area contributed by atoms with Crippen LogP contribution in [0.25, 0.3) is 0 Å². The summed E-state index contributed by atoms with van der Waals surface area (Å²) in [6.45, 7) is 0. The topological polar surface area (TPSA) is 52.6 Å². The van der Waals surface area contributed by atoms with Crippen LogP contribution in [0.15, 0.2) is 11.5 Å². The lowest BCUT2D eigenvalue weighted by Gasteiger charge is -2.19. The Balaban J connectivity index is 2.92. The summed E-state index contributed by atoms with van der Waals surface area (Å²) in [5, 5.41) is 0. The van der Waals surface area contributed by atoms with E-state index < -0.39 is 15.6 Å². The van der Waals surface area contributed by atoms with E-state index in [1.807, 2.05) is 0 Å². The van der Waals surface area contributed by atoms with Crippen LogP contribution in [0, 0.1) is 0 Å². The fraction of sp³-hybridized carbons (Fsp3) is 0.750. The van der Waals surface area contributed by atoms with Crippen LogP contribution in [0.2, 0.25) is 0 Å². The molecule has 0 bridgehead atoms. The van der Waals surface area contributed by atoms with Crippen LogP contribution in [0.1, 0.15) is 25.7 Å². The lowest BCUT2D eigenvalue weighted by Crippen LogP contribution is -2.26. The molecule has 0 aliphatic heterocycles. The Morgan fingerprint density at radius 1 is 1.12 bits per heavy atom. The van der Waals surface area contributed by atoms with Crippen LogP contribution in [0.3, 0.4) is 0 Å². The van der Waals surface area contributed by atoms with Gasteiger partial charge in [0.2, 0.25) is 0 Å². The molecule has 1 aliphatic rings. The summed E-state index contributed by atoms with van der Waals surface area (Å²) in [5.41, 5.74) is -5.41. The lowest BCUT2D eigenvalue weighted by molar-refractivity contribution is -0.0527. The van der Waals surface area contributed by atoms with E-state index in [1.165, 1.54) is 7.11 Å². The Labute approximate surface area is 91.2 Å². The van der Waals surface area contributed by atoms with Crippen molar-refractivity contribution in [2.75, 3.05) is 7.11 Å². The van der Waals surface area contributed by atoms with Crippen molar-refractivity contribution in [3.05, 3.63) is 11.5 Å². The Hall–Kier alpha value is -0.920. The zero-order chi connectivity index (χ0) is 12.4. The number of halogens is 3. The molecule has 0 aromatic heterocycles. The minimum Gasteiger partial charge on any atom is -0.498 e. The van der Waals surface area contributed by atoms with Crippen molar-refractivity contribution in [1.82, 2.24) is 0 Å². The summed E-state index contributed by atoms with van der Waals surface area (Å²) in [7, 11) is -4.31. The second-order valence-corrected chi connectivity index (χ2v) is 4.78. The molecule has 1 aliphatic carbocycles. The van der Waals surface area contributed by atoms with E-state index in [2.05, 4.69) is 4.18 Å².